The van der Waals surface area contributed by atoms with E-state index in [1.54, 1.807) is 21.9 Å². The van der Waals surface area contributed by atoms with Crippen molar-refractivity contribution in [3.8, 4) is 0 Å². The summed E-state index contributed by atoms with van der Waals surface area (Å²) in [4.78, 5) is 29.1. The van der Waals surface area contributed by atoms with E-state index in [1.807, 2.05) is 38.1 Å². The lowest BCUT2D eigenvalue weighted by Gasteiger charge is -2.30. The first-order valence-electron chi connectivity index (χ1n) is 8.97. The minimum atomic E-state index is -0.413. The van der Waals surface area contributed by atoms with E-state index in [0.29, 0.717) is 25.2 Å². The molecule has 3 rings (SSSR count). The average Bonchev–Trinajstić information content (AvgIpc) is 2.98. The Morgan fingerprint density at radius 1 is 1.12 bits per heavy atom. The number of carbonyl (C=O) groups is 2. The molecule has 2 aromatic rings. The molecule has 26 heavy (non-hydrogen) atoms. The number of hydrogen-bond acceptors (Lipinski definition) is 2. The van der Waals surface area contributed by atoms with E-state index in [2.05, 4.69) is 0 Å². The molecule has 0 aromatic heterocycles. The molecule has 4 nitrogen and oxygen atoms in total. The maximum Gasteiger partial charge on any atom is 0.255 e. The molecule has 0 saturated heterocycles. The maximum absolute atomic E-state index is 13.4. The topological polar surface area (TPSA) is 40.6 Å². The molecular weight excluding hydrogens is 331 g/mol. The fourth-order valence-electron chi connectivity index (χ4n) is 3.49. The summed E-state index contributed by atoms with van der Waals surface area (Å²) >= 11 is 0. The molecular formula is C21H23FN2O2. The van der Waals surface area contributed by atoms with Crippen LogP contribution in [0.5, 0.6) is 0 Å². The van der Waals surface area contributed by atoms with Crippen LogP contribution in [-0.2, 0) is 11.3 Å². The Hall–Kier alpha value is -2.69. The van der Waals surface area contributed by atoms with Crippen molar-refractivity contribution in [1.82, 2.24) is 9.80 Å². The first kappa shape index (κ1) is 18.1. The molecule has 0 saturated carbocycles. The van der Waals surface area contributed by atoms with Crippen molar-refractivity contribution < 1.29 is 14.0 Å². The number of benzene rings is 2. The van der Waals surface area contributed by atoms with Crippen LogP contribution in [0.2, 0.25) is 0 Å². The first-order valence-corrected chi connectivity index (χ1v) is 8.97. The monoisotopic (exact) mass is 354 g/mol. The minimum Gasteiger partial charge on any atom is -0.343 e. The van der Waals surface area contributed by atoms with Gasteiger partial charge in [-0.25, -0.2) is 4.39 Å². The number of hydrogen-bond donors (Lipinski definition) is 0. The molecule has 0 spiro atoms. The number of fused-ring (bicyclic) bond motifs is 1. The Morgan fingerprint density at radius 2 is 1.77 bits per heavy atom. The van der Waals surface area contributed by atoms with E-state index in [-0.39, 0.29) is 24.1 Å². The summed E-state index contributed by atoms with van der Waals surface area (Å²) in [6, 6.07) is 13.1. The highest BCUT2D eigenvalue weighted by atomic mass is 19.1. The molecule has 5 heteroatoms. The van der Waals surface area contributed by atoms with Gasteiger partial charge in [0, 0.05) is 25.2 Å². The summed E-state index contributed by atoms with van der Waals surface area (Å²) in [6.07, 6.45) is 0.188. The van der Waals surface area contributed by atoms with Crippen molar-refractivity contribution in [3.05, 3.63) is 71.0 Å². The molecule has 0 N–H and O–H groups in total. The number of halogens is 1. The van der Waals surface area contributed by atoms with Gasteiger partial charge in [0.05, 0.1) is 12.5 Å². The second-order valence-corrected chi connectivity index (χ2v) is 6.43. The lowest BCUT2D eigenvalue weighted by atomic mass is 10.0. The summed E-state index contributed by atoms with van der Waals surface area (Å²) in [5.74, 6) is -0.422. The van der Waals surface area contributed by atoms with Gasteiger partial charge in [-0.3, -0.25) is 9.59 Å². The summed E-state index contributed by atoms with van der Waals surface area (Å²) in [5, 5.41) is 0. The third-order valence-electron chi connectivity index (χ3n) is 4.96. The van der Waals surface area contributed by atoms with Gasteiger partial charge in [-0.2, -0.15) is 0 Å². The smallest absolute Gasteiger partial charge is 0.255 e. The van der Waals surface area contributed by atoms with E-state index < -0.39 is 6.04 Å². The van der Waals surface area contributed by atoms with E-state index in [9.17, 15) is 14.0 Å². The molecule has 1 aliphatic rings. The molecule has 0 unspecified atom stereocenters. The lowest BCUT2D eigenvalue weighted by Crippen LogP contribution is -2.36. The average molecular weight is 354 g/mol. The first-order chi connectivity index (χ1) is 12.5. The number of amides is 2. The molecule has 0 aliphatic carbocycles. The Morgan fingerprint density at radius 3 is 2.38 bits per heavy atom. The molecule has 0 radical (unpaired) electrons. The number of rotatable bonds is 6. The zero-order valence-electron chi connectivity index (χ0n) is 15.1. The second-order valence-electron chi connectivity index (χ2n) is 6.43. The van der Waals surface area contributed by atoms with Gasteiger partial charge in [-0.1, -0.05) is 30.3 Å². The Kier molecular flexibility index (Phi) is 5.35. The van der Waals surface area contributed by atoms with Crippen molar-refractivity contribution >= 4 is 11.8 Å². The van der Waals surface area contributed by atoms with Gasteiger partial charge in [0.1, 0.15) is 5.82 Å². The van der Waals surface area contributed by atoms with Crippen LogP contribution in [0.3, 0.4) is 0 Å². The molecule has 0 bridgehead atoms. The van der Waals surface area contributed by atoms with Gasteiger partial charge in [-0.05, 0) is 43.2 Å². The van der Waals surface area contributed by atoms with Crippen LogP contribution >= 0.6 is 0 Å². The maximum atomic E-state index is 13.4. The molecule has 2 amide bonds. The van der Waals surface area contributed by atoms with Crippen LogP contribution in [0.4, 0.5) is 4.39 Å². The van der Waals surface area contributed by atoms with Crippen LogP contribution in [0.25, 0.3) is 0 Å². The Labute approximate surface area is 153 Å². The second kappa shape index (κ2) is 7.68. The Bertz CT molecular complexity index is 800. The van der Waals surface area contributed by atoms with Gasteiger partial charge < -0.3 is 9.80 Å². The van der Waals surface area contributed by atoms with Gasteiger partial charge in [-0.15, -0.1) is 0 Å². The van der Waals surface area contributed by atoms with E-state index in [1.165, 1.54) is 12.1 Å². The highest BCUT2D eigenvalue weighted by molar-refractivity contribution is 5.98. The van der Waals surface area contributed by atoms with Crippen molar-refractivity contribution in [2.24, 2.45) is 0 Å². The molecule has 0 fully saturated rings. The van der Waals surface area contributed by atoms with Crippen LogP contribution in [0.1, 0.15) is 47.8 Å². The van der Waals surface area contributed by atoms with Crippen molar-refractivity contribution in [2.45, 2.75) is 32.9 Å². The quantitative estimate of drug-likeness (QED) is 0.792. The third kappa shape index (κ3) is 3.47. The molecule has 1 aliphatic heterocycles. The van der Waals surface area contributed by atoms with Gasteiger partial charge in [0.2, 0.25) is 5.91 Å². The highest BCUT2D eigenvalue weighted by Gasteiger charge is 2.34. The minimum absolute atomic E-state index is 0.00641. The van der Waals surface area contributed by atoms with Gasteiger partial charge >= 0.3 is 0 Å². The van der Waals surface area contributed by atoms with Gasteiger partial charge in [0.25, 0.3) is 5.91 Å². The molecule has 1 atom stereocenters. The van der Waals surface area contributed by atoms with Crippen LogP contribution in [-0.4, -0.2) is 34.7 Å². The zero-order valence-corrected chi connectivity index (χ0v) is 15.1. The van der Waals surface area contributed by atoms with E-state index in [0.717, 1.165) is 11.1 Å². The van der Waals surface area contributed by atoms with Crippen molar-refractivity contribution in [3.63, 3.8) is 0 Å². The standard InChI is InChI=1S/C21H23FN2O2/c1-3-23(4-2)20(25)13-19(15-9-11-17(22)12-10-15)24-14-16-7-5-6-8-18(16)21(24)26/h5-12,19H,3-4,13-14H2,1-2H3/t19-/m1/s1. The largest absolute Gasteiger partial charge is 0.343 e. The van der Waals surface area contributed by atoms with E-state index >= 15 is 0 Å². The fourth-order valence-corrected chi connectivity index (χ4v) is 3.49. The predicted octanol–water partition coefficient (Wildman–Crippen LogP) is 3.78. The Balaban J connectivity index is 1.92. The van der Waals surface area contributed by atoms with E-state index in [4.69, 9.17) is 0 Å². The SMILES string of the molecule is CCN(CC)C(=O)C[C@H](c1ccc(F)cc1)N1Cc2ccccc2C1=O. The van der Waals surface area contributed by atoms with Gasteiger partial charge in [0.15, 0.2) is 0 Å². The molecule has 1 heterocycles. The van der Waals surface area contributed by atoms with Crippen LogP contribution in [0.15, 0.2) is 48.5 Å². The third-order valence-corrected chi connectivity index (χ3v) is 4.96. The van der Waals surface area contributed by atoms with Crippen LogP contribution in [0, 0.1) is 5.82 Å². The lowest BCUT2D eigenvalue weighted by molar-refractivity contribution is -0.132. The summed E-state index contributed by atoms with van der Waals surface area (Å²) in [7, 11) is 0. The number of carbonyl (C=O) groups excluding carboxylic acids is 2. The fraction of sp³-hybridized carbons (Fsp3) is 0.333. The predicted molar refractivity (Wildman–Crippen MR) is 98.0 cm³/mol. The summed E-state index contributed by atoms with van der Waals surface area (Å²) in [5.41, 5.74) is 2.41. The van der Waals surface area contributed by atoms with Crippen LogP contribution < -0.4 is 0 Å². The van der Waals surface area contributed by atoms with Crippen molar-refractivity contribution in [2.75, 3.05) is 13.1 Å². The van der Waals surface area contributed by atoms with Crippen molar-refractivity contribution in [1.29, 1.82) is 0 Å². The molecule has 136 valence electrons. The number of nitrogens with zero attached hydrogens (tertiary/aromatic N) is 2. The summed E-state index contributed by atoms with van der Waals surface area (Å²) < 4.78 is 13.4. The summed E-state index contributed by atoms with van der Waals surface area (Å²) in [6.45, 7) is 5.58. The molecule has 2 aromatic carbocycles. The highest BCUT2D eigenvalue weighted by Crippen LogP contribution is 2.33. The normalized spacial score (nSPS) is 14.3. The zero-order chi connectivity index (χ0) is 18.7.